The summed E-state index contributed by atoms with van der Waals surface area (Å²) in [5, 5.41) is 14.5. The molecule has 0 radical (unpaired) electrons. The third-order valence-electron chi connectivity index (χ3n) is 3.64. The van der Waals surface area contributed by atoms with Crippen molar-refractivity contribution in [1.82, 2.24) is 5.43 Å². The zero-order valence-electron chi connectivity index (χ0n) is 15.2. The van der Waals surface area contributed by atoms with Crippen molar-refractivity contribution >= 4 is 33.7 Å². The zero-order valence-corrected chi connectivity index (χ0v) is 16.8. The number of rotatable bonds is 6. The van der Waals surface area contributed by atoms with Crippen LogP contribution >= 0.6 is 15.9 Å². The average Bonchev–Trinajstić information content (AvgIpc) is 2.60. The minimum Gasteiger partial charge on any atom is -0.483 e. The van der Waals surface area contributed by atoms with E-state index >= 15 is 0 Å². The first kappa shape index (κ1) is 20.6. The van der Waals surface area contributed by atoms with E-state index in [1.165, 1.54) is 18.3 Å². The minimum absolute atomic E-state index is 0.0135. The number of nitro benzene ring substituents is 1. The molecule has 0 aliphatic heterocycles. The van der Waals surface area contributed by atoms with Gasteiger partial charge in [-0.15, -0.1) is 0 Å². The van der Waals surface area contributed by atoms with E-state index < -0.39 is 10.8 Å². The van der Waals surface area contributed by atoms with Crippen molar-refractivity contribution in [1.29, 1.82) is 0 Å². The lowest BCUT2D eigenvalue weighted by Crippen LogP contribution is -2.24. The molecule has 0 atom stereocenters. The first-order valence-corrected chi connectivity index (χ1v) is 8.95. The van der Waals surface area contributed by atoms with Crippen molar-refractivity contribution in [2.75, 3.05) is 6.61 Å². The molecule has 0 saturated carbocycles. The topological polar surface area (TPSA) is 93.8 Å². The summed E-state index contributed by atoms with van der Waals surface area (Å²) < 4.78 is 6.26. The van der Waals surface area contributed by atoms with Crippen LogP contribution in [0.4, 0.5) is 5.69 Å². The number of nitrogens with zero attached hydrogens (tertiary/aromatic N) is 2. The van der Waals surface area contributed by atoms with Crippen LogP contribution < -0.4 is 10.2 Å². The highest BCUT2D eigenvalue weighted by Gasteiger charge is 2.15. The van der Waals surface area contributed by atoms with Gasteiger partial charge in [0.25, 0.3) is 11.6 Å². The molecule has 2 aromatic carbocycles. The minimum atomic E-state index is -0.493. The van der Waals surface area contributed by atoms with E-state index in [4.69, 9.17) is 4.74 Å². The molecule has 1 amide bonds. The number of carbonyl (C=O) groups is 1. The van der Waals surface area contributed by atoms with Crippen LogP contribution in [-0.4, -0.2) is 23.7 Å². The second kappa shape index (κ2) is 8.77. The molecular formula is C19H20BrN3O4. The highest BCUT2D eigenvalue weighted by Crippen LogP contribution is 2.31. The van der Waals surface area contributed by atoms with Crippen LogP contribution in [0.15, 0.2) is 52.0 Å². The van der Waals surface area contributed by atoms with Crippen molar-refractivity contribution in [2.24, 2.45) is 5.10 Å². The van der Waals surface area contributed by atoms with E-state index in [1.54, 1.807) is 12.1 Å². The van der Waals surface area contributed by atoms with Gasteiger partial charge in [-0.25, -0.2) is 5.43 Å². The molecule has 27 heavy (non-hydrogen) atoms. The Kier molecular flexibility index (Phi) is 6.68. The molecule has 2 aromatic rings. The first-order valence-electron chi connectivity index (χ1n) is 8.16. The third-order valence-corrected chi connectivity index (χ3v) is 4.26. The molecule has 0 fully saturated rings. The summed E-state index contributed by atoms with van der Waals surface area (Å²) in [5.74, 6) is 0.115. The summed E-state index contributed by atoms with van der Waals surface area (Å²) in [5.41, 5.74) is 3.95. The summed E-state index contributed by atoms with van der Waals surface area (Å²) in [6.07, 6.45) is 1.33. The Morgan fingerprint density at radius 2 is 2.04 bits per heavy atom. The number of amides is 1. The van der Waals surface area contributed by atoms with Crippen LogP contribution in [0, 0.1) is 10.1 Å². The Hall–Kier alpha value is -2.74. The molecule has 0 unspecified atom stereocenters. The lowest BCUT2D eigenvalue weighted by Gasteiger charge is -2.20. The van der Waals surface area contributed by atoms with Gasteiger partial charge < -0.3 is 4.74 Å². The van der Waals surface area contributed by atoms with Crippen LogP contribution in [0.25, 0.3) is 0 Å². The summed E-state index contributed by atoms with van der Waals surface area (Å²) in [6, 6.07) is 11.7. The predicted molar refractivity (Wildman–Crippen MR) is 107 cm³/mol. The van der Waals surface area contributed by atoms with Gasteiger partial charge in [0.15, 0.2) is 6.61 Å². The Labute approximate surface area is 165 Å². The van der Waals surface area contributed by atoms with Crippen molar-refractivity contribution in [3.8, 4) is 5.75 Å². The predicted octanol–water partition coefficient (Wildman–Crippen LogP) is 4.18. The van der Waals surface area contributed by atoms with Crippen molar-refractivity contribution in [3.05, 3.63) is 68.2 Å². The van der Waals surface area contributed by atoms with Crippen LogP contribution in [-0.2, 0) is 10.2 Å². The van der Waals surface area contributed by atoms with Gasteiger partial charge in [-0.2, -0.15) is 5.10 Å². The molecule has 0 aliphatic carbocycles. The van der Waals surface area contributed by atoms with Gasteiger partial charge in [0.2, 0.25) is 0 Å². The second-order valence-electron chi connectivity index (χ2n) is 6.83. The molecule has 0 aromatic heterocycles. The molecule has 1 N–H and O–H groups in total. The number of nitrogens with one attached hydrogen (secondary N) is 1. The number of benzene rings is 2. The zero-order chi connectivity index (χ0) is 20.0. The fraction of sp³-hybridized carbons (Fsp3) is 0.263. The molecule has 0 heterocycles. The standard InChI is InChI=1S/C19H20BrN3O4/c1-19(2,3)14-7-8-17(16(20)10-14)27-12-18(24)22-21-11-13-5-4-6-15(9-13)23(25)26/h4-11H,12H2,1-3H3,(H,22,24)/b21-11-. The van der Waals surface area contributed by atoms with Gasteiger partial charge >= 0.3 is 0 Å². The van der Waals surface area contributed by atoms with Crippen molar-refractivity contribution < 1.29 is 14.5 Å². The number of hydrogen-bond donors (Lipinski definition) is 1. The van der Waals surface area contributed by atoms with Crippen LogP contribution in [0.1, 0.15) is 31.9 Å². The Morgan fingerprint density at radius 3 is 2.67 bits per heavy atom. The third kappa shape index (κ3) is 6.18. The smallest absolute Gasteiger partial charge is 0.277 e. The van der Waals surface area contributed by atoms with Crippen LogP contribution in [0.5, 0.6) is 5.75 Å². The van der Waals surface area contributed by atoms with E-state index in [1.807, 2.05) is 18.2 Å². The van der Waals surface area contributed by atoms with Crippen LogP contribution in [0.2, 0.25) is 0 Å². The number of ether oxygens (including phenoxy) is 1. The molecule has 142 valence electrons. The summed E-state index contributed by atoms with van der Waals surface area (Å²) >= 11 is 3.45. The molecule has 0 aliphatic rings. The van der Waals surface area contributed by atoms with Gasteiger partial charge in [0.1, 0.15) is 5.75 Å². The monoisotopic (exact) mass is 433 g/mol. The number of hydrazone groups is 1. The summed E-state index contributed by atoms with van der Waals surface area (Å²) in [7, 11) is 0. The normalized spacial score (nSPS) is 11.4. The van der Waals surface area contributed by atoms with E-state index in [2.05, 4.69) is 47.2 Å². The molecule has 0 bridgehead atoms. The number of halogens is 1. The average molecular weight is 434 g/mol. The van der Waals surface area contributed by atoms with Gasteiger partial charge in [-0.05, 0) is 39.0 Å². The quantitative estimate of drug-likeness (QED) is 0.419. The number of nitro groups is 1. The fourth-order valence-corrected chi connectivity index (χ4v) is 2.65. The fourth-order valence-electron chi connectivity index (χ4n) is 2.16. The maximum Gasteiger partial charge on any atom is 0.277 e. The Balaban J connectivity index is 1.89. The van der Waals surface area contributed by atoms with Gasteiger partial charge in [0.05, 0.1) is 15.6 Å². The maximum atomic E-state index is 11.8. The Morgan fingerprint density at radius 1 is 1.30 bits per heavy atom. The van der Waals surface area contributed by atoms with Gasteiger partial charge in [0, 0.05) is 17.7 Å². The lowest BCUT2D eigenvalue weighted by molar-refractivity contribution is -0.384. The van der Waals surface area contributed by atoms with E-state index in [-0.39, 0.29) is 17.7 Å². The van der Waals surface area contributed by atoms with E-state index in [0.29, 0.717) is 11.3 Å². The molecule has 2 rings (SSSR count). The Bertz CT molecular complexity index is 875. The first-order chi connectivity index (χ1) is 12.7. The highest BCUT2D eigenvalue weighted by molar-refractivity contribution is 9.10. The second-order valence-corrected chi connectivity index (χ2v) is 7.68. The number of carbonyl (C=O) groups excluding carboxylic acids is 1. The molecule has 7 nitrogen and oxygen atoms in total. The maximum absolute atomic E-state index is 11.8. The summed E-state index contributed by atoms with van der Waals surface area (Å²) in [4.78, 5) is 22.1. The van der Waals surface area contributed by atoms with Gasteiger partial charge in [-0.3, -0.25) is 14.9 Å². The SMILES string of the molecule is CC(C)(C)c1ccc(OCC(=O)N/N=C\c2cccc([N+](=O)[O-])c2)c(Br)c1. The molecule has 0 spiro atoms. The number of hydrogen-bond acceptors (Lipinski definition) is 5. The molecule has 0 saturated heterocycles. The van der Waals surface area contributed by atoms with E-state index in [0.717, 1.165) is 10.0 Å². The summed E-state index contributed by atoms with van der Waals surface area (Å²) in [6.45, 7) is 6.13. The van der Waals surface area contributed by atoms with Crippen molar-refractivity contribution in [2.45, 2.75) is 26.2 Å². The number of non-ortho nitro benzene ring substituents is 1. The molecular weight excluding hydrogens is 414 g/mol. The van der Waals surface area contributed by atoms with E-state index in [9.17, 15) is 14.9 Å². The highest BCUT2D eigenvalue weighted by atomic mass is 79.9. The van der Waals surface area contributed by atoms with Crippen molar-refractivity contribution in [3.63, 3.8) is 0 Å². The lowest BCUT2D eigenvalue weighted by atomic mass is 9.87. The largest absolute Gasteiger partial charge is 0.483 e. The van der Waals surface area contributed by atoms with Gasteiger partial charge in [-0.1, -0.05) is 39.0 Å². The molecule has 8 heteroatoms. The van der Waals surface area contributed by atoms with Crippen LogP contribution in [0.3, 0.4) is 0 Å².